The number of amides is 1. The van der Waals surface area contributed by atoms with Crippen molar-refractivity contribution >= 4 is 5.91 Å². The minimum absolute atomic E-state index is 0.0628. The number of aliphatic hydroxyl groups is 1. The summed E-state index contributed by atoms with van der Waals surface area (Å²) in [5.74, 6) is 0.100. The molecule has 8 nitrogen and oxygen atoms in total. The van der Waals surface area contributed by atoms with Gasteiger partial charge in [-0.25, -0.2) is 4.98 Å². The normalized spacial score (nSPS) is 25.3. The van der Waals surface area contributed by atoms with Gasteiger partial charge in [-0.05, 0) is 12.5 Å². The van der Waals surface area contributed by atoms with Crippen LogP contribution in [0.2, 0.25) is 0 Å². The number of imidazole rings is 1. The highest BCUT2D eigenvalue weighted by atomic mass is 16.3. The van der Waals surface area contributed by atoms with Gasteiger partial charge in [-0.3, -0.25) is 14.2 Å². The molecule has 0 aromatic carbocycles. The third kappa shape index (κ3) is 3.06. The fourth-order valence-electron chi connectivity index (χ4n) is 4.24. The van der Waals surface area contributed by atoms with Crippen molar-refractivity contribution in [3.63, 3.8) is 0 Å². The number of pyridine rings is 1. The predicted molar refractivity (Wildman–Crippen MR) is 94.8 cm³/mol. The summed E-state index contributed by atoms with van der Waals surface area (Å²) in [6.45, 7) is 1.35. The number of piperidine rings is 1. The largest absolute Gasteiger partial charge is 0.394 e. The maximum absolute atomic E-state index is 13.1. The van der Waals surface area contributed by atoms with E-state index in [1.807, 2.05) is 6.07 Å². The van der Waals surface area contributed by atoms with E-state index in [-0.39, 0.29) is 29.9 Å². The second-order valence-electron chi connectivity index (χ2n) is 7.12. The lowest BCUT2D eigenvalue weighted by Crippen LogP contribution is -2.54. The molecular weight excluding hydrogens is 334 g/mol. The van der Waals surface area contributed by atoms with Crippen LogP contribution in [0.5, 0.6) is 0 Å². The quantitative estimate of drug-likeness (QED) is 0.579. The van der Waals surface area contributed by atoms with Crippen molar-refractivity contribution in [1.29, 1.82) is 0 Å². The van der Waals surface area contributed by atoms with E-state index in [4.69, 9.17) is 0 Å². The van der Waals surface area contributed by atoms with Crippen LogP contribution in [0, 0.1) is 5.92 Å². The number of hydrogen-bond donors (Lipinski definition) is 4. The summed E-state index contributed by atoms with van der Waals surface area (Å²) in [5.41, 5.74) is 1.61. The number of rotatable bonds is 5. The van der Waals surface area contributed by atoms with Crippen LogP contribution < -0.4 is 16.2 Å². The first-order valence-electron chi connectivity index (χ1n) is 8.98. The Hall–Kier alpha value is -2.45. The molecule has 4 atom stereocenters. The third-order valence-corrected chi connectivity index (χ3v) is 5.41. The van der Waals surface area contributed by atoms with Crippen LogP contribution in [-0.4, -0.2) is 51.3 Å². The zero-order valence-corrected chi connectivity index (χ0v) is 14.4. The molecule has 0 saturated carbocycles. The van der Waals surface area contributed by atoms with Crippen molar-refractivity contribution in [3.8, 4) is 0 Å². The average molecular weight is 357 g/mol. The summed E-state index contributed by atoms with van der Waals surface area (Å²) in [7, 11) is 0. The molecule has 26 heavy (non-hydrogen) atoms. The minimum Gasteiger partial charge on any atom is -0.394 e. The van der Waals surface area contributed by atoms with Crippen LogP contribution in [0.25, 0.3) is 0 Å². The van der Waals surface area contributed by atoms with Crippen molar-refractivity contribution in [2.45, 2.75) is 30.8 Å². The van der Waals surface area contributed by atoms with Crippen molar-refractivity contribution in [2.75, 3.05) is 19.7 Å². The zero-order chi connectivity index (χ0) is 18.1. The molecule has 2 aromatic rings. The van der Waals surface area contributed by atoms with Crippen molar-refractivity contribution in [1.82, 2.24) is 25.2 Å². The maximum Gasteiger partial charge on any atom is 0.251 e. The van der Waals surface area contributed by atoms with Gasteiger partial charge in [0.05, 0.1) is 19.0 Å². The Balaban J connectivity index is 1.60. The number of H-pyrrole nitrogens is 1. The van der Waals surface area contributed by atoms with Gasteiger partial charge in [0.25, 0.3) is 5.56 Å². The smallest absolute Gasteiger partial charge is 0.251 e. The molecule has 1 saturated heterocycles. The zero-order valence-electron chi connectivity index (χ0n) is 14.4. The number of aliphatic hydroxyl groups excluding tert-OH is 1. The van der Waals surface area contributed by atoms with Crippen molar-refractivity contribution < 1.29 is 9.90 Å². The number of fused-ring (bicyclic) bond motifs is 4. The molecule has 4 rings (SSSR count). The first kappa shape index (κ1) is 17.0. The topological polar surface area (TPSA) is 112 Å². The molecule has 0 unspecified atom stereocenters. The predicted octanol–water partition coefficient (Wildman–Crippen LogP) is -0.461. The highest BCUT2D eigenvalue weighted by Gasteiger charge is 2.41. The monoisotopic (exact) mass is 357 g/mol. The summed E-state index contributed by atoms with van der Waals surface area (Å²) < 4.78 is 1.65. The number of hydrogen-bond acceptors (Lipinski definition) is 5. The third-order valence-electron chi connectivity index (χ3n) is 5.41. The van der Waals surface area contributed by atoms with E-state index in [0.29, 0.717) is 13.0 Å². The molecule has 138 valence electrons. The highest BCUT2D eigenvalue weighted by molar-refractivity contribution is 5.81. The summed E-state index contributed by atoms with van der Waals surface area (Å²) in [6, 6.07) is 4.21. The lowest BCUT2D eigenvalue weighted by atomic mass is 9.79. The molecule has 4 heterocycles. The van der Waals surface area contributed by atoms with Crippen molar-refractivity contribution in [3.05, 3.63) is 52.5 Å². The molecule has 8 heteroatoms. The molecule has 2 bridgehead atoms. The van der Waals surface area contributed by atoms with E-state index in [0.717, 1.165) is 24.4 Å². The van der Waals surface area contributed by atoms with E-state index >= 15 is 0 Å². The molecule has 0 spiro atoms. The minimum atomic E-state index is -0.557. The van der Waals surface area contributed by atoms with Crippen LogP contribution in [0.4, 0.5) is 0 Å². The SMILES string of the molecule is O=C(N[C@H](CO)Cc1cnc[nH]1)[C@H]1[C@@H]2CNC[C@@H](C2)c2cccc(=O)n21. The van der Waals surface area contributed by atoms with E-state index < -0.39 is 12.1 Å². The summed E-state index contributed by atoms with van der Waals surface area (Å²) in [4.78, 5) is 32.5. The van der Waals surface area contributed by atoms with Gasteiger partial charge in [0, 0.05) is 55.0 Å². The highest BCUT2D eigenvalue weighted by Crippen LogP contribution is 2.38. The maximum atomic E-state index is 13.1. The number of carbonyl (C=O) groups is 1. The Bertz CT molecular complexity index is 832. The molecule has 2 aromatic heterocycles. The second-order valence-corrected chi connectivity index (χ2v) is 7.12. The van der Waals surface area contributed by atoms with Crippen LogP contribution in [0.3, 0.4) is 0 Å². The van der Waals surface area contributed by atoms with Gasteiger partial charge in [-0.2, -0.15) is 0 Å². The Kier molecular flexibility index (Phi) is 4.60. The second kappa shape index (κ2) is 7.05. The summed E-state index contributed by atoms with van der Waals surface area (Å²) in [5, 5.41) is 16.0. The Morgan fingerprint density at radius 3 is 3.08 bits per heavy atom. The van der Waals surface area contributed by atoms with E-state index in [2.05, 4.69) is 20.6 Å². The van der Waals surface area contributed by atoms with E-state index in [1.165, 1.54) is 6.07 Å². The molecule has 1 fully saturated rings. The average Bonchev–Trinajstić information content (AvgIpc) is 3.15. The number of aromatic amines is 1. The lowest BCUT2D eigenvalue weighted by molar-refractivity contribution is -0.128. The molecule has 1 amide bonds. The lowest BCUT2D eigenvalue weighted by Gasteiger charge is -2.42. The number of nitrogens with one attached hydrogen (secondary N) is 3. The van der Waals surface area contributed by atoms with Gasteiger partial charge < -0.3 is 20.7 Å². The molecule has 2 aliphatic heterocycles. The van der Waals surface area contributed by atoms with Crippen molar-refractivity contribution in [2.24, 2.45) is 5.92 Å². The van der Waals surface area contributed by atoms with E-state index in [1.54, 1.807) is 23.2 Å². The number of nitrogens with zero attached hydrogens (tertiary/aromatic N) is 2. The van der Waals surface area contributed by atoms with Gasteiger partial charge >= 0.3 is 0 Å². The Morgan fingerprint density at radius 2 is 2.31 bits per heavy atom. The molecule has 0 aliphatic carbocycles. The van der Waals surface area contributed by atoms with Gasteiger partial charge in [-0.1, -0.05) is 6.07 Å². The number of carbonyl (C=O) groups excluding carboxylic acids is 1. The standard InChI is InChI=1S/C18H23N5O3/c24-9-14(5-13-8-20-10-21-13)22-18(26)17-12-4-11(6-19-7-12)15-2-1-3-16(25)23(15)17/h1-3,8,10-12,14,17,19,24H,4-7,9H2,(H,20,21)(H,22,26)/t11-,12+,14+,17-/m1/s1. The van der Waals surface area contributed by atoms with E-state index in [9.17, 15) is 14.7 Å². The summed E-state index contributed by atoms with van der Waals surface area (Å²) >= 11 is 0. The van der Waals surface area contributed by atoms with Crippen LogP contribution >= 0.6 is 0 Å². The van der Waals surface area contributed by atoms with Gasteiger partial charge in [0.15, 0.2) is 0 Å². The van der Waals surface area contributed by atoms with Crippen LogP contribution in [0.1, 0.15) is 29.8 Å². The van der Waals surface area contributed by atoms with Crippen LogP contribution in [-0.2, 0) is 11.2 Å². The summed E-state index contributed by atoms with van der Waals surface area (Å²) in [6.07, 6.45) is 4.58. The first-order chi connectivity index (χ1) is 12.7. The number of aromatic nitrogens is 3. The fourth-order valence-corrected chi connectivity index (χ4v) is 4.24. The first-order valence-corrected chi connectivity index (χ1v) is 8.98. The van der Waals surface area contributed by atoms with Crippen LogP contribution in [0.15, 0.2) is 35.5 Å². The molecule has 4 N–H and O–H groups in total. The Morgan fingerprint density at radius 1 is 1.42 bits per heavy atom. The Labute approximate surface area is 150 Å². The molecule has 0 radical (unpaired) electrons. The van der Waals surface area contributed by atoms with Gasteiger partial charge in [0.2, 0.25) is 5.91 Å². The van der Waals surface area contributed by atoms with Gasteiger partial charge in [-0.15, -0.1) is 0 Å². The molecular formula is C18H23N5O3. The van der Waals surface area contributed by atoms with Gasteiger partial charge in [0.1, 0.15) is 6.04 Å². The fraction of sp³-hybridized carbons (Fsp3) is 0.500. The molecule has 2 aliphatic rings.